The number of aliphatic imine (C=N–C) groups is 1. The largest absolute Gasteiger partial charge is 0.325 e. The number of aryl methyl sites for hydroxylation is 1. The fraction of sp³-hybridized carbons (Fsp3) is 0.500. The van der Waals surface area contributed by atoms with Gasteiger partial charge in [0.15, 0.2) is 0 Å². The van der Waals surface area contributed by atoms with E-state index in [4.69, 9.17) is 5.84 Å². The van der Waals surface area contributed by atoms with Gasteiger partial charge in [-0.25, -0.2) is 5.84 Å². The molecule has 0 bridgehead atoms. The molecule has 18 heavy (non-hydrogen) atoms. The number of guanidine groups is 1. The van der Waals surface area contributed by atoms with Crippen molar-refractivity contribution in [3.8, 4) is 0 Å². The number of anilines is 1. The van der Waals surface area contributed by atoms with Crippen LogP contribution in [-0.4, -0.2) is 12.5 Å². The van der Waals surface area contributed by atoms with Crippen molar-refractivity contribution < 1.29 is 0 Å². The van der Waals surface area contributed by atoms with Gasteiger partial charge >= 0.3 is 0 Å². The SMILES string of the molecule is CCCCc1ccc(NC(=NCCC)NN)cc1. The van der Waals surface area contributed by atoms with Crippen LogP contribution in [0, 0.1) is 0 Å². The van der Waals surface area contributed by atoms with Crippen molar-refractivity contribution in [2.75, 3.05) is 11.9 Å². The van der Waals surface area contributed by atoms with Gasteiger partial charge in [-0.3, -0.25) is 10.4 Å². The van der Waals surface area contributed by atoms with Crippen molar-refractivity contribution in [1.82, 2.24) is 5.43 Å². The molecule has 0 saturated heterocycles. The number of hydrazine groups is 1. The fourth-order valence-electron chi connectivity index (χ4n) is 1.62. The zero-order chi connectivity index (χ0) is 13.2. The van der Waals surface area contributed by atoms with Gasteiger partial charge in [-0.1, -0.05) is 32.4 Å². The summed E-state index contributed by atoms with van der Waals surface area (Å²) in [6.45, 7) is 5.06. The van der Waals surface area contributed by atoms with Crippen molar-refractivity contribution in [3.05, 3.63) is 29.8 Å². The third-order valence-corrected chi connectivity index (χ3v) is 2.67. The maximum Gasteiger partial charge on any atom is 0.210 e. The minimum Gasteiger partial charge on any atom is -0.325 e. The van der Waals surface area contributed by atoms with E-state index in [1.54, 1.807) is 0 Å². The first-order chi connectivity index (χ1) is 8.80. The first-order valence-electron chi connectivity index (χ1n) is 6.67. The number of rotatable bonds is 6. The predicted octanol–water partition coefficient (Wildman–Crippen LogP) is 2.67. The molecule has 1 aromatic rings. The minimum absolute atomic E-state index is 0.609. The molecule has 0 unspecified atom stereocenters. The predicted molar refractivity (Wildman–Crippen MR) is 78.6 cm³/mol. The normalized spacial score (nSPS) is 11.4. The third kappa shape index (κ3) is 5.19. The van der Waals surface area contributed by atoms with Gasteiger partial charge in [0, 0.05) is 12.2 Å². The summed E-state index contributed by atoms with van der Waals surface area (Å²) in [5.41, 5.74) is 4.95. The van der Waals surface area contributed by atoms with E-state index in [-0.39, 0.29) is 0 Å². The van der Waals surface area contributed by atoms with Gasteiger partial charge in [-0.2, -0.15) is 0 Å². The second kappa shape index (κ2) is 8.53. The van der Waals surface area contributed by atoms with Crippen molar-refractivity contribution in [3.63, 3.8) is 0 Å². The zero-order valence-electron chi connectivity index (χ0n) is 11.4. The quantitative estimate of drug-likeness (QED) is 0.314. The third-order valence-electron chi connectivity index (χ3n) is 2.67. The summed E-state index contributed by atoms with van der Waals surface area (Å²) in [5, 5.41) is 3.16. The maximum atomic E-state index is 5.41. The van der Waals surface area contributed by atoms with Gasteiger partial charge in [-0.05, 0) is 37.0 Å². The van der Waals surface area contributed by atoms with Crippen molar-refractivity contribution in [2.45, 2.75) is 39.5 Å². The highest BCUT2D eigenvalue weighted by atomic mass is 15.3. The van der Waals surface area contributed by atoms with Crippen molar-refractivity contribution >= 4 is 11.6 Å². The van der Waals surface area contributed by atoms with Crippen molar-refractivity contribution in [2.24, 2.45) is 10.8 Å². The van der Waals surface area contributed by atoms with E-state index in [0.717, 1.165) is 25.1 Å². The molecule has 0 aliphatic heterocycles. The molecular weight excluding hydrogens is 224 g/mol. The Kier molecular flexibility index (Phi) is 6.87. The van der Waals surface area contributed by atoms with Crippen LogP contribution >= 0.6 is 0 Å². The number of benzene rings is 1. The van der Waals surface area contributed by atoms with E-state index in [2.05, 4.69) is 53.8 Å². The van der Waals surface area contributed by atoms with E-state index >= 15 is 0 Å². The summed E-state index contributed by atoms with van der Waals surface area (Å²) < 4.78 is 0. The molecule has 0 amide bonds. The Morgan fingerprint density at radius 1 is 1.17 bits per heavy atom. The van der Waals surface area contributed by atoms with E-state index in [1.807, 2.05) is 0 Å². The molecule has 1 aromatic carbocycles. The topological polar surface area (TPSA) is 62.4 Å². The lowest BCUT2D eigenvalue weighted by Crippen LogP contribution is -2.36. The summed E-state index contributed by atoms with van der Waals surface area (Å²) in [7, 11) is 0. The number of nitrogens with two attached hydrogens (primary N) is 1. The molecule has 0 aliphatic rings. The molecule has 0 saturated carbocycles. The Bertz CT molecular complexity index is 357. The van der Waals surface area contributed by atoms with Crippen LogP contribution in [0.1, 0.15) is 38.7 Å². The molecule has 0 fully saturated rings. The fourth-order valence-corrected chi connectivity index (χ4v) is 1.62. The number of hydrogen-bond donors (Lipinski definition) is 3. The van der Waals surface area contributed by atoms with Gasteiger partial charge in [0.1, 0.15) is 0 Å². The van der Waals surface area contributed by atoms with Gasteiger partial charge in [0.05, 0.1) is 0 Å². The molecule has 0 atom stereocenters. The van der Waals surface area contributed by atoms with Crippen LogP contribution in [0.3, 0.4) is 0 Å². The molecule has 4 heteroatoms. The average molecular weight is 248 g/mol. The number of nitrogens with zero attached hydrogens (tertiary/aromatic N) is 1. The smallest absolute Gasteiger partial charge is 0.210 e. The molecule has 4 nitrogen and oxygen atoms in total. The maximum absolute atomic E-state index is 5.41. The molecule has 1 rings (SSSR count). The Morgan fingerprint density at radius 3 is 2.44 bits per heavy atom. The first-order valence-corrected chi connectivity index (χ1v) is 6.67. The van der Waals surface area contributed by atoms with Crippen molar-refractivity contribution in [1.29, 1.82) is 0 Å². The molecule has 0 aliphatic carbocycles. The number of unbranched alkanes of at least 4 members (excludes halogenated alkanes) is 1. The Labute approximate surface area is 110 Å². The summed E-state index contributed by atoms with van der Waals surface area (Å²) >= 11 is 0. The second-order valence-corrected chi connectivity index (χ2v) is 4.30. The molecule has 100 valence electrons. The van der Waals surface area contributed by atoms with Crippen LogP contribution in [0.15, 0.2) is 29.3 Å². The van der Waals surface area contributed by atoms with Crippen LogP contribution in [0.2, 0.25) is 0 Å². The molecule has 0 aromatic heterocycles. The van der Waals surface area contributed by atoms with Crippen LogP contribution in [0.5, 0.6) is 0 Å². The van der Waals surface area contributed by atoms with Crippen LogP contribution in [-0.2, 0) is 6.42 Å². The number of hydrogen-bond acceptors (Lipinski definition) is 2. The van der Waals surface area contributed by atoms with Gasteiger partial charge in [-0.15, -0.1) is 0 Å². The van der Waals surface area contributed by atoms with E-state index in [1.165, 1.54) is 18.4 Å². The summed E-state index contributed by atoms with van der Waals surface area (Å²) in [6.07, 6.45) is 4.61. The Balaban J connectivity index is 2.56. The van der Waals surface area contributed by atoms with Gasteiger partial charge < -0.3 is 5.32 Å². The second-order valence-electron chi connectivity index (χ2n) is 4.30. The van der Waals surface area contributed by atoms with E-state index in [0.29, 0.717) is 5.96 Å². The molecule has 0 radical (unpaired) electrons. The minimum atomic E-state index is 0.609. The zero-order valence-corrected chi connectivity index (χ0v) is 11.4. The summed E-state index contributed by atoms with van der Waals surface area (Å²) in [6, 6.07) is 8.41. The van der Waals surface area contributed by atoms with E-state index in [9.17, 15) is 0 Å². The average Bonchev–Trinajstić information content (AvgIpc) is 2.42. The van der Waals surface area contributed by atoms with Crippen LogP contribution in [0.25, 0.3) is 0 Å². The first kappa shape index (κ1) is 14.5. The molecule has 0 heterocycles. The summed E-state index contributed by atoms with van der Waals surface area (Å²) in [5.74, 6) is 6.02. The summed E-state index contributed by atoms with van der Waals surface area (Å²) in [4.78, 5) is 4.30. The highest BCUT2D eigenvalue weighted by molar-refractivity contribution is 5.93. The van der Waals surface area contributed by atoms with Gasteiger partial charge in [0.25, 0.3) is 0 Å². The lowest BCUT2D eigenvalue weighted by molar-refractivity contribution is 0.795. The monoisotopic (exact) mass is 248 g/mol. The molecule has 0 spiro atoms. The van der Waals surface area contributed by atoms with Gasteiger partial charge in [0.2, 0.25) is 5.96 Å². The molecule has 4 N–H and O–H groups in total. The number of nitrogens with one attached hydrogen (secondary N) is 2. The standard InChI is InChI=1S/C14H24N4/c1-3-5-6-12-7-9-13(10-8-12)17-14(18-15)16-11-4-2/h7-10H,3-6,11,15H2,1-2H3,(H2,16,17,18). The van der Waals surface area contributed by atoms with Crippen LogP contribution in [0.4, 0.5) is 5.69 Å². The van der Waals surface area contributed by atoms with E-state index < -0.39 is 0 Å². The molecular formula is C14H24N4. The highest BCUT2D eigenvalue weighted by Crippen LogP contribution is 2.11. The highest BCUT2D eigenvalue weighted by Gasteiger charge is 1.98. The Morgan fingerprint density at radius 2 is 1.89 bits per heavy atom. The Hall–Kier alpha value is -1.55. The lowest BCUT2D eigenvalue weighted by Gasteiger charge is -2.09. The lowest BCUT2D eigenvalue weighted by atomic mass is 10.1. The van der Waals surface area contributed by atoms with Crippen LogP contribution < -0.4 is 16.6 Å².